The molecule has 0 saturated heterocycles. The van der Waals surface area contributed by atoms with Gasteiger partial charge in [0.1, 0.15) is 0 Å². The molecule has 0 aliphatic rings. The highest BCUT2D eigenvalue weighted by molar-refractivity contribution is 5.56. The van der Waals surface area contributed by atoms with Gasteiger partial charge in [-0.3, -0.25) is 0 Å². The first-order chi connectivity index (χ1) is 9.87. The molecule has 0 spiro atoms. The number of nitrogens with one attached hydrogen (secondary N) is 1. The first kappa shape index (κ1) is 17.4. The summed E-state index contributed by atoms with van der Waals surface area (Å²) in [4.78, 5) is 0. The number of benzene rings is 1. The summed E-state index contributed by atoms with van der Waals surface area (Å²) in [7, 11) is 4.28. The molecule has 3 N–H and O–H groups in total. The Kier molecular flexibility index (Phi) is 6.10. The number of hydrogen-bond acceptors (Lipinski definition) is 5. The second-order valence-electron chi connectivity index (χ2n) is 4.21. The third-order valence-corrected chi connectivity index (χ3v) is 2.89. The van der Waals surface area contributed by atoms with Crippen LogP contribution in [0.25, 0.3) is 0 Å². The molecule has 0 bridgehead atoms. The van der Waals surface area contributed by atoms with Gasteiger partial charge in [-0.25, -0.2) is 0 Å². The average molecular weight is 308 g/mol. The number of ether oxygens (including phenoxy) is 3. The summed E-state index contributed by atoms with van der Waals surface area (Å²) in [5.41, 5.74) is 6.04. The van der Waals surface area contributed by atoms with Crippen molar-refractivity contribution in [1.82, 2.24) is 5.32 Å². The Balaban J connectivity index is 3.14. The Hall–Kier alpha value is -1.67. The smallest absolute Gasteiger partial charge is 0.401 e. The van der Waals surface area contributed by atoms with Crippen LogP contribution in [0.2, 0.25) is 0 Å². The molecule has 0 aliphatic heterocycles. The van der Waals surface area contributed by atoms with Crippen LogP contribution in [-0.2, 0) is 0 Å². The van der Waals surface area contributed by atoms with Crippen molar-refractivity contribution in [2.75, 3.05) is 34.4 Å². The summed E-state index contributed by atoms with van der Waals surface area (Å²) < 4.78 is 52.6. The first-order valence-electron chi connectivity index (χ1n) is 6.17. The van der Waals surface area contributed by atoms with Crippen LogP contribution in [0, 0.1) is 0 Å². The van der Waals surface area contributed by atoms with Crippen LogP contribution in [0.15, 0.2) is 12.1 Å². The Morgan fingerprint density at radius 2 is 1.71 bits per heavy atom. The summed E-state index contributed by atoms with van der Waals surface area (Å²) in [6, 6.07) is 2.47. The molecular formula is C13H19F3N2O3. The molecule has 1 unspecified atom stereocenters. The van der Waals surface area contributed by atoms with Gasteiger partial charge in [0.25, 0.3) is 0 Å². The van der Waals surface area contributed by atoms with E-state index in [0.717, 1.165) is 0 Å². The molecule has 0 aromatic heterocycles. The highest BCUT2D eigenvalue weighted by atomic mass is 19.4. The van der Waals surface area contributed by atoms with Gasteiger partial charge < -0.3 is 25.3 Å². The standard InChI is InChI=1S/C13H19F3N2O3/c1-19-10-5-4-8(11(20-2)12(10)21-3)9(6-17)18-7-13(14,15)16/h4-5,9,18H,6-7,17H2,1-3H3. The fraction of sp³-hybridized carbons (Fsp3) is 0.538. The lowest BCUT2D eigenvalue weighted by Gasteiger charge is -2.23. The second kappa shape index (κ2) is 7.37. The van der Waals surface area contributed by atoms with Gasteiger partial charge >= 0.3 is 6.18 Å². The Bertz CT molecular complexity index is 467. The predicted molar refractivity (Wildman–Crippen MR) is 72.0 cm³/mol. The maximum absolute atomic E-state index is 12.3. The fourth-order valence-corrected chi connectivity index (χ4v) is 1.96. The Labute approximate surface area is 121 Å². The number of alkyl halides is 3. The Morgan fingerprint density at radius 3 is 2.14 bits per heavy atom. The van der Waals surface area contributed by atoms with Crippen LogP contribution in [-0.4, -0.2) is 40.6 Å². The van der Waals surface area contributed by atoms with Gasteiger partial charge in [0, 0.05) is 18.2 Å². The van der Waals surface area contributed by atoms with Gasteiger partial charge in [0.15, 0.2) is 11.5 Å². The number of nitrogens with two attached hydrogens (primary N) is 1. The predicted octanol–water partition coefficient (Wildman–Crippen LogP) is 1.86. The van der Waals surface area contributed by atoms with Crippen molar-refractivity contribution >= 4 is 0 Å². The van der Waals surface area contributed by atoms with E-state index in [-0.39, 0.29) is 6.54 Å². The Morgan fingerprint density at radius 1 is 1.10 bits per heavy atom. The lowest BCUT2D eigenvalue weighted by atomic mass is 10.0. The van der Waals surface area contributed by atoms with Crippen molar-refractivity contribution < 1.29 is 27.4 Å². The van der Waals surface area contributed by atoms with E-state index in [1.807, 2.05) is 0 Å². The minimum atomic E-state index is -4.32. The minimum Gasteiger partial charge on any atom is -0.493 e. The number of hydrogen-bond donors (Lipinski definition) is 2. The molecule has 5 nitrogen and oxygen atoms in total. The third-order valence-electron chi connectivity index (χ3n) is 2.89. The molecule has 1 rings (SSSR count). The molecule has 0 radical (unpaired) electrons. The third kappa shape index (κ3) is 4.40. The molecule has 0 aliphatic carbocycles. The number of methoxy groups -OCH3 is 3. The first-order valence-corrected chi connectivity index (χ1v) is 6.17. The zero-order valence-electron chi connectivity index (χ0n) is 12.1. The molecule has 120 valence electrons. The molecule has 21 heavy (non-hydrogen) atoms. The van der Waals surface area contributed by atoms with Gasteiger partial charge in [-0.15, -0.1) is 0 Å². The summed E-state index contributed by atoms with van der Waals surface area (Å²) in [5.74, 6) is 1.02. The van der Waals surface area contributed by atoms with E-state index in [0.29, 0.717) is 22.8 Å². The molecule has 0 saturated carbocycles. The number of halogens is 3. The highest BCUT2D eigenvalue weighted by Gasteiger charge is 2.29. The van der Waals surface area contributed by atoms with Crippen LogP contribution in [0.5, 0.6) is 17.2 Å². The van der Waals surface area contributed by atoms with Crippen molar-refractivity contribution in [3.8, 4) is 17.2 Å². The van der Waals surface area contributed by atoms with E-state index in [2.05, 4.69) is 5.32 Å². The molecule has 1 atom stereocenters. The largest absolute Gasteiger partial charge is 0.493 e. The SMILES string of the molecule is COc1ccc(C(CN)NCC(F)(F)F)c(OC)c1OC. The fourth-order valence-electron chi connectivity index (χ4n) is 1.96. The van der Waals surface area contributed by atoms with E-state index < -0.39 is 18.8 Å². The molecule has 1 aromatic rings. The molecule has 0 amide bonds. The van der Waals surface area contributed by atoms with Crippen molar-refractivity contribution in [1.29, 1.82) is 0 Å². The number of rotatable bonds is 7. The zero-order valence-corrected chi connectivity index (χ0v) is 12.1. The minimum absolute atomic E-state index is 0.0259. The average Bonchev–Trinajstić information content (AvgIpc) is 2.45. The van der Waals surface area contributed by atoms with Crippen LogP contribution < -0.4 is 25.3 Å². The molecule has 0 fully saturated rings. The van der Waals surface area contributed by atoms with Gasteiger partial charge in [0.2, 0.25) is 5.75 Å². The molecule has 1 aromatic carbocycles. The van der Waals surface area contributed by atoms with Gasteiger partial charge in [-0.05, 0) is 12.1 Å². The van der Waals surface area contributed by atoms with Gasteiger partial charge in [-0.1, -0.05) is 0 Å². The normalized spacial score (nSPS) is 12.9. The summed E-state index contributed by atoms with van der Waals surface area (Å²) in [6.07, 6.45) is -4.32. The van der Waals surface area contributed by atoms with Crippen LogP contribution in [0.1, 0.15) is 11.6 Å². The van der Waals surface area contributed by atoms with Crippen molar-refractivity contribution in [3.05, 3.63) is 17.7 Å². The maximum Gasteiger partial charge on any atom is 0.401 e. The molecule has 8 heteroatoms. The van der Waals surface area contributed by atoms with E-state index >= 15 is 0 Å². The summed E-state index contributed by atoms with van der Waals surface area (Å²) in [6.45, 7) is -1.17. The molecular weight excluding hydrogens is 289 g/mol. The van der Waals surface area contributed by atoms with E-state index in [1.165, 1.54) is 21.3 Å². The summed E-state index contributed by atoms with van der Waals surface area (Å²) in [5, 5.41) is 2.36. The van der Waals surface area contributed by atoms with Crippen molar-refractivity contribution in [2.24, 2.45) is 5.73 Å². The van der Waals surface area contributed by atoms with Crippen LogP contribution in [0.3, 0.4) is 0 Å². The summed E-state index contributed by atoms with van der Waals surface area (Å²) >= 11 is 0. The molecule has 0 heterocycles. The topological polar surface area (TPSA) is 65.7 Å². The maximum atomic E-state index is 12.3. The quantitative estimate of drug-likeness (QED) is 0.805. The zero-order chi connectivity index (χ0) is 16.0. The monoisotopic (exact) mass is 308 g/mol. The van der Waals surface area contributed by atoms with Crippen molar-refractivity contribution in [3.63, 3.8) is 0 Å². The highest BCUT2D eigenvalue weighted by Crippen LogP contribution is 2.41. The van der Waals surface area contributed by atoms with Crippen LogP contribution >= 0.6 is 0 Å². The lowest BCUT2D eigenvalue weighted by molar-refractivity contribution is -0.126. The van der Waals surface area contributed by atoms with E-state index in [9.17, 15) is 13.2 Å². The van der Waals surface area contributed by atoms with Gasteiger partial charge in [-0.2, -0.15) is 13.2 Å². The van der Waals surface area contributed by atoms with Crippen molar-refractivity contribution in [2.45, 2.75) is 12.2 Å². The second-order valence-corrected chi connectivity index (χ2v) is 4.21. The lowest BCUT2D eigenvalue weighted by Crippen LogP contribution is -2.35. The van der Waals surface area contributed by atoms with Gasteiger partial charge in [0.05, 0.1) is 27.9 Å². The van der Waals surface area contributed by atoms with Crippen LogP contribution in [0.4, 0.5) is 13.2 Å². The van der Waals surface area contributed by atoms with E-state index in [4.69, 9.17) is 19.9 Å². The van der Waals surface area contributed by atoms with E-state index in [1.54, 1.807) is 12.1 Å².